The van der Waals surface area contributed by atoms with Crippen molar-refractivity contribution in [2.24, 2.45) is 11.8 Å². The predicted octanol–water partition coefficient (Wildman–Crippen LogP) is 5.46. The Bertz CT molecular complexity index is 3520. The third-order valence-electron chi connectivity index (χ3n) is 22.3. The van der Waals surface area contributed by atoms with Gasteiger partial charge in [0.1, 0.15) is 47.8 Å². The van der Waals surface area contributed by atoms with Crippen LogP contribution in [-0.4, -0.2) is 264 Å². The zero-order chi connectivity index (χ0) is 77.3. The summed E-state index contributed by atoms with van der Waals surface area (Å²) in [4.78, 5) is 190. The van der Waals surface area contributed by atoms with E-state index >= 15 is 28.8 Å². The van der Waals surface area contributed by atoms with Crippen LogP contribution < -0.4 is 16.0 Å². The molecule has 12 amide bonds. The molecule has 10 atom stereocenters. The van der Waals surface area contributed by atoms with E-state index in [-0.39, 0.29) is 87.9 Å². The highest BCUT2D eigenvalue weighted by molar-refractivity contribution is 6.31. The van der Waals surface area contributed by atoms with Crippen molar-refractivity contribution in [2.75, 3.05) is 88.7 Å². The standard InChI is InChI=1S/C73H101ClF6N12O13/c1-11-43(3)61-68(102)86(6)39-59(95)84(4)40-60(96)88(8)55(36-45-22-26-47(27-23-45)72(75,76)77)66(100)85(5)38-57(93)81-52(31-25-44-24-30-50(51(74)35-44)73(78,79)80)65(99)91-34-18-21-54(91)64(98)83-71(32-16-17-33-71)70(104)90(10)62(46-19-14-13-15-20-46)69(103)89(9)56(37-58(94)87(7)53(12-2)63(97)82-61)67(101)92-48-28-29-49(92)42-105-41-48/h22-24,26-27,30,35,43,46,48-49,52-56,61-62H,11-21,25,28-29,31-34,36-42H2,1-10H3,(H,81,93)(H,82,97)(H,83,98)/t43-,48?,49?,52-,53-,54?,55-,56-,61-,62-/m0/s1. The Balaban J connectivity index is 1.18. The number of halogens is 7. The van der Waals surface area contributed by atoms with Gasteiger partial charge in [0.05, 0.1) is 67.5 Å². The summed E-state index contributed by atoms with van der Waals surface area (Å²) in [5.74, 6) is -10.1. The summed E-state index contributed by atoms with van der Waals surface area (Å²) in [6, 6.07) is -3.67. The molecule has 2 aromatic carbocycles. The first kappa shape index (κ1) is 82.6. The molecule has 3 unspecified atom stereocenters. The molecule has 580 valence electrons. The first-order chi connectivity index (χ1) is 49.4. The molecule has 2 bridgehead atoms. The van der Waals surface area contributed by atoms with Gasteiger partial charge in [-0.05, 0) is 118 Å². The molecular formula is C73H101ClF6N12O13. The number of nitrogens with one attached hydrogen (secondary N) is 3. The summed E-state index contributed by atoms with van der Waals surface area (Å²) >= 11 is 6.13. The molecule has 2 aliphatic carbocycles. The van der Waals surface area contributed by atoms with E-state index in [1.165, 1.54) is 64.0 Å². The van der Waals surface area contributed by atoms with Crippen molar-refractivity contribution in [2.45, 2.75) is 215 Å². The second-order valence-corrected chi connectivity index (χ2v) is 29.8. The maximum absolute atomic E-state index is 15.9. The fourth-order valence-electron chi connectivity index (χ4n) is 15.7. The van der Waals surface area contributed by atoms with E-state index in [2.05, 4.69) is 16.0 Å². The Labute approximate surface area is 614 Å². The van der Waals surface area contributed by atoms with Crippen molar-refractivity contribution in [3.05, 3.63) is 69.7 Å². The molecule has 32 heteroatoms. The number of hydrogen-bond donors (Lipinski definition) is 3. The number of benzene rings is 2. The van der Waals surface area contributed by atoms with Crippen molar-refractivity contribution in [1.82, 2.24) is 60.0 Å². The number of aryl methyl sites for hydroxylation is 1. The van der Waals surface area contributed by atoms with E-state index in [0.29, 0.717) is 57.8 Å². The summed E-state index contributed by atoms with van der Waals surface area (Å²) in [6.07, 6.45) is -4.79. The normalized spacial score (nSPS) is 27.1. The molecule has 4 saturated heterocycles. The maximum Gasteiger partial charge on any atom is 0.417 e. The van der Waals surface area contributed by atoms with Crippen LogP contribution in [0.5, 0.6) is 0 Å². The van der Waals surface area contributed by atoms with Gasteiger partial charge in [-0.25, -0.2) is 0 Å². The van der Waals surface area contributed by atoms with Crippen LogP contribution in [0.4, 0.5) is 26.3 Å². The number of nitrogens with zero attached hydrogens (tertiary/aromatic N) is 9. The summed E-state index contributed by atoms with van der Waals surface area (Å²) in [5.41, 5.74) is -3.42. The average molecular weight is 1500 g/mol. The molecule has 105 heavy (non-hydrogen) atoms. The minimum atomic E-state index is -4.81. The Morgan fingerprint density at radius 2 is 1.22 bits per heavy atom. The fourth-order valence-corrected chi connectivity index (χ4v) is 16.0. The van der Waals surface area contributed by atoms with Gasteiger partial charge in [0.15, 0.2) is 0 Å². The number of morpholine rings is 1. The van der Waals surface area contributed by atoms with Gasteiger partial charge in [0, 0.05) is 62.3 Å². The summed E-state index contributed by atoms with van der Waals surface area (Å²) in [6.45, 7) is 3.29. The Kier molecular flexibility index (Phi) is 27.6. The molecule has 0 radical (unpaired) electrons. The first-order valence-corrected chi connectivity index (χ1v) is 36.7. The van der Waals surface area contributed by atoms with E-state index in [0.717, 1.165) is 73.4 Å². The van der Waals surface area contributed by atoms with Gasteiger partial charge in [-0.15, -0.1) is 0 Å². The Morgan fingerprint density at radius 1 is 0.619 bits per heavy atom. The third-order valence-corrected chi connectivity index (χ3v) is 22.6. The van der Waals surface area contributed by atoms with Crippen molar-refractivity contribution in [3.63, 3.8) is 0 Å². The maximum atomic E-state index is 15.9. The highest BCUT2D eigenvalue weighted by Gasteiger charge is 2.53. The SMILES string of the molecule is CC[C@H](C)[C@@H]1NC(=O)[C@H](CC)N(C)C(=O)C[C@@H](C(=O)N2C3CCC2COC3)N(C)C(=O)[C@H](C2CCCCC2)N(C)C(=O)C2(CCCC2)NC(=O)C2CCCN2C(=O)[C@H](CCc2ccc(C(F)(F)F)c(Cl)c2)NC(=O)CN(C)C(=O)[C@H](Cc2ccc(C(F)(F)F)cc2)N(C)C(=O)CN(C)C(=O)CN(C)C1=O. The second-order valence-electron chi connectivity index (χ2n) is 29.4. The smallest absolute Gasteiger partial charge is 0.377 e. The van der Waals surface area contributed by atoms with Crippen molar-refractivity contribution in [1.29, 1.82) is 0 Å². The summed E-state index contributed by atoms with van der Waals surface area (Å²) < 4.78 is 88.9. The lowest BCUT2D eigenvalue weighted by Crippen LogP contribution is -2.65. The minimum Gasteiger partial charge on any atom is -0.377 e. The Morgan fingerprint density at radius 3 is 1.81 bits per heavy atom. The van der Waals surface area contributed by atoms with Gasteiger partial charge < -0.3 is 64.8 Å². The van der Waals surface area contributed by atoms with E-state index < -0.39 is 192 Å². The van der Waals surface area contributed by atoms with Gasteiger partial charge in [-0.3, -0.25) is 57.5 Å². The number of carbonyl (C=O) groups excluding carboxylic acids is 12. The number of carbonyl (C=O) groups is 12. The van der Waals surface area contributed by atoms with E-state index in [1.807, 2.05) is 0 Å². The highest BCUT2D eigenvalue weighted by atomic mass is 35.5. The number of hydrogen-bond acceptors (Lipinski definition) is 13. The molecule has 0 aromatic heterocycles. The molecule has 6 aliphatic rings. The molecule has 2 aromatic rings. The van der Waals surface area contributed by atoms with Gasteiger partial charge in [0.25, 0.3) is 0 Å². The zero-order valence-corrected chi connectivity index (χ0v) is 62.3. The van der Waals surface area contributed by atoms with Crippen LogP contribution in [0.1, 0.15) is 152 Å². The van der Waals surface area contributed by atoms with E-state index in [4.69, 9.17) is 16.3 Å². The van der Waals surface area contributed by atoms with Crippen molar-refractivity contribution in [3.8, 4) is 0 Å². The van der Waals surface area contributed by atoms with Crippen molar-refractivity contribution < 1.29 is 88.6 Å². The second kappa shape index (κ2) is 35.1. The monoisotopic (exact) mass is 1500 g/mol. The van der Waals surface area contributed by atoms with Crippen LogP contribution >= 0.6 is 11.6 Å². The van der Waals surface area contributed by atoms with Gasteiger partial charge in [-0.2, -0.15) is 26.3 Å². The molecule has 2 saturated carbocycles. The number of likely N-dealkylation sites (N-methyl/N-ethyl adjacent to an activating group) is 7. The minimum absolute atomic E-state index is 0.00970. The molecule has 4 heterocycles. The first-order valence-electron chi connectivity index (χ1n) is 36.4. The molecular weight excluding hydrogens is 1400 g/mol. The van der Waals surface area contributed by atoms with Crippen LogP contribution in [-0.2, 0) is 87.5 Å². The van der Waals surface area contributed by atoms with Gasteiger partial charge >= 0.3 is 12.4 Å². The van der Waals surface area contributed by atoms with Gasteiger partial charge in [0.2, 0.25) is 70.9 Å². The van der Waals surface area contributed by atoms with Crippen LogP contribution in [0, 0.1) is 11.8 Å². The molecule has 4 aliphatic heterocycles. The summed E-state index contributed by atoms with van der Waals surface area (Å²) in [5, 5.41) is 7.85. The number of fused-ring (bicyclic) bond motifs is 3. The highest BCUT2D eigenvalue weighted by Crippen LogP contribution is 2.39. The van der Waals surface area contributed by atoms with Crippen LogP contribution in [0.3, 0.4) is 0 Å². The lowest BCUT2D eigenvalue weighted by atomic mass is 9.81. The van der Waals surface area contributed by atoms with Crippen molar-refractivity contribution >= 4 is 82.5 Å². The number of amides is 12. The number of ether oxygens (including phenoxy) is 1. The molecule has 1 spiro atoms. The topological polar surface area (TPSA) is 279 Å². The van der Waals surface area contributed by atoms with Gasteiger partial charge in [-0.1, -0.05) is 89.1 Å². The van der Waals surface area contributed by atoms with Crippen LogP contribution in [0.2, 0.25) is 5.02 Å². The average Bonchev–Trinajstić information content (AvgIpc) is 1.70. The number of alkyl halides is 6. The summed E-state index contributed by atoms with van der Waals surface area (Å²) in [7, 11) is 9.22. The van der Waals surface area contributed by atoms with E-state index in [1.54, 1.807) is 25.7 Å². The molecule has 8 rings (SSSR count). The largest absolute Gasteiger partial charge is 0.417 e. The Hall–Kier alpha value is -8.09. The van der Waals surface area contributed by atoms with E-state index in [9.17, 15) is 55.1 Å². The fraction of sp³-hybridized carbons (Fsp3) is 0.671. The quantitative estimate of drug-likeness (QED) is 0.250. The zero-order valence-electron chi connectivity index (χ0n) is 61.5. The molecule has 3 N–H and O–H groups in total. The van der Waals surface area contributed by atoms with Crippen LogP contribution in [0.25, 0.3) is 0 Å². The van der Waals surface area contributed by atoms with Crippen LogP contribution in [0.15, 0.2) is 42.5 Å². The molecule has 6 fully saturated rings. The third kappa shape index (κ3) is 19.4. The molecule has 25 nitrogen and oxygen atoms in total. The number of rotatable bonds is 10. The lowest BCUT2D eigenvalue weighted by molar-refractivity contribution is -0.159. The lowest BCUT2D eigenvalue weighted by Gasteiger charge is -2.44. The predicted molar refractivity (Wildman–Crippen MR) is 372 cm³/mol.